The van der Waals surface area contributed by atoms with Gasteiger partial charge in [-0.1, -0.05) is 31.9 Å². The lowest BCUT2D eigenvalue weighted by molar-refractivity contribution is -0.129. The molecule has 1 saturated heterocycles. The molecule has 0 unspecified atom stereocenters. The van der Waals surface area contributed by atoms with E-state index in [4.69, 9.17) is 21.0 Å². The molecular weight excluding hydrogens is 676 g/mol. The number of aliphatic carboxylic acids is 1. The molecule has 0 aliphatic carbocycles. The fourth-order valence-corrected chi connectivity index (χ4v) is 6.47. The van der Waals surface area contributed by atoms with Gasteiger partial charge in [0.2, 0.25) is 17.8 Å². The lowest BCUT2D eigenvalue weighted by Gasteiger charge is -2.34. The van der Waals surface area contributed by atoms with Crippen molar-refractivity contribution >= 4 is 46.3 Å². The maximum atomic E-state index is 12.2. The molecule has 15 heteroatoms. The largest absolute Gasteiger partial charge is 0.496 e. The summed E-state index contributed by atoms with van der Waals surface area (Å²) >= 11 is 0. The molecule has 290 valence electrons. The number of anilines is 2. The smallest absolute Gasteiger partial charge is 0.349 e. The monoisotopic (exact) mass is 734 g/mol. The van der Waals surface area contributed by atoms with Crippen LogP contribution in [-0.4, -0.2) is 112 Å². The number of carbonyl (C=O) groups is 3. The van der Waals surface area contributed by atoms with Crippen LogP contribution in [0.25, 0.3) is 11.0 Å². The molecule has 0 saturated carbocycles. The van der Waals surface area contributed by atoms with Crippen LogP contribution in [0.2, 0.25) is 0 Å². The number of benzene rings is 1. The van der Waals surface area contributed by atoms with Crippen LogP contribution in [0.5, 0.6) is 5.75 Å². The van der Waals surface area contributed by atoms with Gasteiger partial charge < -0.3 is 41.0 Å². The number of nitrogens with zero attached hydrogens (tertiary/aromatic N) is 5. The van der Waals surface area contributed by atoms with Crippen molar-refractivity contribution < 1.29 is 24.2 Å². The van der Waals surface area contributed by atoms with Gasteiger partial charge in [-0.3, -0.25) is 19.9 Å². The van der Waals surface area contributed by atoms with Crippen molar-refractivity contribution in [2.45, 2.75) is 84.2 Å². The Hall–Kier alpha value is -4.76. The number of aromatic nitrogens is 3. The molecule has 1 fully saturated rings. The molecule has 2 aromatic heterocycles. The summed E-state index contributed by atoms with van der Waals surface area (Å²) in [5.41, 5.74) is 9.73. The van der Waals surface area contributed by atoms with E-state index >= 15 is 0 Å². The maximum absolute atomic E-state index is 12.2. The average molecular weight is 735 g/mol. The number of methoxy groups -OCH3 is 1. The van der Waals surface area contributed by atoms with Crippen LogP contribution < -0.4 is 26.4 Å². The molecule has 53 heavy (non-hydrogen) atoms. The van der Waals surface area contributed by atoms with Gasteiger partial charge in [-0.25, -0.2) is 9.78 Å². The van der Waals surface area contributed by atoms with Gasteiger partial charge in [0.25, 0.3) is 0 Å². The van der Waals surface area contributed by atoms with Gasteiger partial charge in [0, 0.05) is 77.0 Å². The van der Waals surface area contributed by atoms with Gasteiger partial charge in [-0.05, 0) is 62.8 Å². The van der Waals surface area contributed by atoms with Gasteiger partial charge in [-0.2, -0.15) is 4.98 Å². The van der Waals surface area contributed by atoms with E-state index in [-0.39, 0.29) is 36.3 Å². The van der Waals surface area contributed by atoms with Crippen LogP contribution in [0.3, 0.4) is 0 Å². The summed E-state index contributed by atoms with van der Waals surface area (Å²) in [6.45, 7) is 10.3. The Morgan fingerprint density at radius 1 is 0.868 bits per heavy atom. The van der Waals surface area contributed by atoms with Crippen LogP contribution in [0.4, 0.5) is 11.8 Å². The number of ether oxygens (including phenoxy) is 1. The summed E-state index contributed by atoms with van der Waals surface area (Å²) in [6.07, 6.45) is 8.67. The first-order valence-electron chi connectivity index (χ1n) is 19.0. The van der Waals surface area contributed by atoms with E-state index in [1.54, 1.807) is 7.11 Å². The maximum Gasteiger partial charge on any atom is 0.349 e. The number of carboxylic acid groups (broad SMARTS) is 1. The van der Waals surface area contributed by atoms with E-state index in [2.05, 4.69) is 65.4 Å². The summed E-state index contributed by atoms with van der Waals surface area (Å²) in [6, 6.07) is 8.45. The second kappa shape index (κ2) is 21.7. The van der Waals surface area contributed by atoms with Crippen molar-refractivity contribution in [3.05, 3.63) is 41.6 Å². The number of nitrogen functional groups attached to an aromatic ring is 1. The van der Waals surface area contributed by atoms with Crippen LogP contribution in [0, 0.1) is 5.41 Å². The Morgan fingerprint density at radius 2 is 1.57 bits per heavy atom. The molecular formula is C38H58N10O5. The molecule has 0 spiro atoms. The third kappa shape index (κ3) is 13.6. The van der Waals surface area contributed by atoms with Crippen molar-refractivity contribution in [3.63, 3.8) is 0 Å². The number of unbranched alkanes of at least 4 members (excludes halogenated alkanes) is 3. The van der Waals surface area contributed by atoms with E-state index in [0.717, 1.165) is 99.7 Å². The number of amides is 2. The van der Waals surface area contributed by atoms with Crippen molar-refractivity contribution in [1.29, 1.82) is 5.41 Å². The van der Waals surface area contributed by atoms with Gasteiger partial charge in [0.1, 0.15) is 17.0 Å². The molecule has 7 N–H and O–H groups in total. The first-order valence-corrected chi connectivity index (χ1v) is 19.0. The quantitative estimate of drug-likeness (QED) is 0.0576. The molecule has 3 aromatic rings. The zero-order chi connectivity index (χ0) is 38.0. The minimum absolute atomic E-state index is 0.0447. The number of hydrogen-bond acceptors (Lipinski definition) is 11. The van der Waals surface area contributed by atoms with E-state index in [1.807, 2.05) is 12.3 Å². The van der Waals surface area contributed by atoms with E-state index < -0.39 is 5.97 Å². The Kier molecular flexibility index (Phi) is 16.8. The summed E-state index contributed by atoms with van der Waals surface area (Å²) in [5.74, 6) is 0.506. The van der Waals surface area contributed by atoms with Gasteiger partial charge in [-0.15, -0.1) is 0 Å². The zero-order valence-electron chi connectivity index (χ0n) is 31.4. The van der Waals surface area contributed by atoms with Crippen molar-refractivity contribution in [1.82, 2.24) is 35.0 Å². The normalized spacial score (nSPS) is 13.5. The first-order chi connectivity index (χ1) is 25.7. The number of nitrogens with one attached hydrogen (secondary N) is 4. The third-order valence-electron chi connectivity index (χ3n) is 9.48. The highest BCUT2D eigenvalue weighted by Gasteiger charge is 2.18. The number of carboxylic acids is 1. The van der Waals surface area contributed by atoms with Crippen molar-refractivity contribution in [3.8, 4) is 5.75 Å². The summed E-state index contributed by atoms with van der Waals surface area (Å²) in [7, 11) is 1.72. The van der Waals surface area contributed by atoms with Gasteiger partial charge in [0.05, 0.1) is 19.2 Å². The lowest BCUT2D eigenvalue weighted by atomic mass is 10.1. The molecule has 2 amide bonds. The summed E-state index contributed by atoms with van der Waals surface area (Å²) < 4.78 is 8.01. The highest BCUT2D eigenvalue weighted by atomic mass is 16.5. The fourth-order valence-electron chi connectivity index (χ4n) is 6.47. The number of nitrogens with two attached hydrogens (primary N) is 1. The van der Waals surface area contributed by atoms with E-state index in [0.29, 0.717) is 45.3 Å². The fraction of sp³-hybridized carbons (Fsp3) is 0.579. The molecule has 0 radical (unpaired) electrons. The zero-order valence-corrected chi connectivity index (χ0v) is 31.4. The molecule has 4 rings (SSSR count). The van der Waals surface area contributed by atoms with Crippen LogP contribution >= 0.6 is 0 Å². The Bertz CT molecular complexity index is 1650. The third-order valence-corrected chi connectivity index (χ3v) is 9.48. The lowest BCUT2D eigenvalue weighted by Crippen LogP contribution is -2.46. The number of hydrogen-bond donors (Lipinski definition) is 6. The second-order valence-corrected chi connectivity index (χ2v) is 13.7. The highest BCUT2D eigenvalue weighted by Crippen LogP contribution is 2.27. The molecule has 1 aromatic carbocycles. The molecule has 0 bridgehead atoms. The van der Waals surface area contributed by atoms with E-state index in [9.17, 15) is 14.4 Å². The Balaban J connectivity index is 1.12. The minimum Gasteiger partial charge on any atom is -0.496 e. The summed E-state index contributed by atoms with van der Waals surface area (Å²) in [4.78, 5) is 48.7. The predicted molar refractivity (Wildman–Crippen MR) is 207 cm³/mol. The standard InChI is InChI=1S/C38H58N10O5/c1-3-4-6-17-43-36-35-31(44-38(40)45-36)15-20-48(35)27-29-14-13-28(25-32(29)53-2)26-47-23-21-46(22-24-47)19-9-18-42-34(50)12-8-11-33(49)41-16-7-5-10-30(39)37(51)52/h13-15,20,25,39H,3-12,16-19,21-24,26-27H2,1-2H3,(H,41,49)(H,42,50)(H,51,52)(H3,40,43,44,45). The first kappa shape index (κ1) is 41.0. The molecule has 3 heterocycles. The van der Waals surface area contributed by atoms with Crippen LogP contribution in [-0.2, 0) is 27.5 Å². The van der Waals surface area contributed by atoms with Crippen LogP contribution in [0.1, 0.15) is 82.3 Å². The number of carbonyl (C=O) groups excluding carboxylic acids is 2. The highest BCUT2D eigenvalue weighted by molar-refractivity contribution is 6.34. The SMILES string of the molecule is CCCCCNc1nc(N)nc2ccn(Cc3ccc(CN4CCN(CCCNC(=O)CCCC(=O)NCCCCC(=N)C(=O)O)CC4)cc3OC)c12. The average Bonchev–Trinajstić information content (AvgIpc) is 3.54. The van der Waals surface area contributed by atoms with Crippen molar-refractivity contribution in [2.24, 2.45) is 0 Å². The number of rotatable bonds is 24. The predicted octanol–water partition coefficient (Wildman–Crippen LogP) is 3.86. The molecule has 1 aliphatic heterocycles. The Labute approximate surface area is 312 Å². The topological polar surface area (TPSA) is 204 Å². The molecule has 15 nitrogen and oxygen atoms in total. The summed E-state index contributed by atoms with van der Waals surface area (Å²) in [5, 5.41) is 25.2. The molecule has 1 aliphatic rings. The molecule has 0 atom stereocenters. The van der Waals surface area contributed by atoms with E-state index in [1.165, 1.54) is 5.56 Å². The minimum atomic E-state index is -1.20. The van der Waals surface area contributed by atoms with Crippen LogP contribution in [0.15, 0.2) is 30.5 Å². The number of piperazine rings is 1. The Morgan fingerprint density at radius 3 is 2.26 bits per heavy atom. The number of fused-ring (bicyclic) bond motifs is 1. The van der Waals surface area contributed by atoms with Crippen molar-refractivity contribution in [2.75, 3.05) is 70.5 Å². The van der Waals surface area contributed by atoms with Gasteiger partial charge >= 0.3 is 5.97 Å². The van der Waals surface area contributed by atoms with Gasteiger partial charge in [0.15, 0.2) is 5.82 Å². The second-order valence-electron chi connectivity index (χ2n) is 13.7.